The van der Waals surface area contributed by atoms with Crippen LogP contribution in [0.15, 0.2) is 69.9 Å². The molecule has 0 fully saturated rings. The summed E-state index contributed by atoms with van der Waals surface area (Å²) in [5.41, 5.74) is 1.34. The van der Waals surface area contributed by atoms with Crippen molar-refractivity contribution in [1.29, 1.82) is 0 Å². The molecule has 6 nitrogen and oxygen atoms in total. The van der Waals surface area contributed by atoms with Crippen molar-refractivity contribution in [1.82, 2.24) is 4.57 Å². The zero-order chi connectivity index (χ0) is 19.2. The number of para-hydroxylation sites is 1. The Bertz CT molecular complexity index is 913. The molecule has 3 rings (SSSR count). The van der Waals surface area contributed by atoms with E-state index in [1.807, 2.05) is 41.1 Å². The Morgan fingerprint density at radius 3 is 2.74 bits per heavy atom. The van der Waals surface area contributed by atoms with Crippen LogP contribution in [0.1, 0.15) is 12.1 Å². The summed E-state index contributed by atoms with van der Waals surface area (Å²) < 4.78 is 7.11. The number of aliphatic hydroxyl groups excluding tert-OH is 1. The summed E-state index contributed by atoms with van der Waals surface area (Å²) in [6.07, 6.45) is 4.58. The lowest BCUT2D eigenvalue weighted by atomic mass is 10.2. The van der Waals surface area contributed by atoms with Crippen molar-refractivity contribution in [2.75, 3.05) is 13.7 Å². The minimum atomic E-state index is -1.20. The molecule has 0 spiro atoms. The number of aromatic nitrogens is 1. The van der Waals surface area contributed by atoms with Gasteiger partial charge in [0.1, 0.15) is 16.4 Å². The number of ether oxygens (including phenoxy) is 1. The molecule has 0 saturated carbocycles. The average Bonchev–Trinajstić information content (AvgIpc) is 3.21. The summed E-state index contributed by atoms with van der Waals surface area (Å²) in [7, 11) is 1.66. The quantitative estimate of drug-likeness (QED) is 0.698. The highest BCUT2D eigenvalue weighted by molar-refractivity contribution is 8.18. The van der Waals surface area contributed by atoms with Gasteiger partial charge in [0, 0.05) is 32.2 Å². The first-order chi connectivity index (χ1) is 13.1. The molecule has 0 amide bonds. The van der Waals surface area contributed by atoms with Gasteiger partial charge in [-0.15, -0.1) is 0 Å². The Balaban J connectivity index is 1.92. The molecule has 1 aromatic heterocycles. The van der Waals surface area contributed by atoms with Gasteiger partial charge in [0.25, 0.3) is 0 Å². The third-order valence-electron chi connectivity index (χ3n) is 3.98. The van der Waals surface area contributed by atoms with Gasteiger partial charge in [-0.1, -0.05) is 30.0 Å². The van der Waals surface area contributed by atoms with E-state index >= 15 is 0 Å². The lowest BCUT2D eigenvalue weighted by molar-refractivity contribution is -0.132. The van der Waals surface area contributed by atoms with E-state index in [-0.39, 0.29) is 16.4 Å². The zero-order valence-corrected chi connectivity index (χ0v) is 15.6. The number of thioether (sulfide) groups is 1. The predicted octanol–water partition coefficient (Wildman–Crippen LogP) is 4.24. The molecule has 1 aliphatic heterocycles. The number of rotatable bonds is 7. The Morgan fingerprint density at radius 1 is 1.26 bits per heavy atom. The lowest BCUT2D eigenvalue weighted by Crippen LogP contribution is -2.07. The molecule has 2 heterocycles. The normalized spacial score (nSPS) is 17.2. The number of carboxylic acids is 1. The molecule has 1 aromatic carbocycles. The summed E-state index contributed by atoms with van der Waals surface area (Å²) in [5, 5.41) is 20.3. The van der Waals surface area contributed by atoms with Gasteiger partial charge in [-0.25, -0.2) is 9.79 Å². The standard InChI is InChI=1S/C20H20N2O4S/c1-26-12-6-11-22-10-5-9-15(22)13-16-18(23)17(20(24)25)19(27-16)21-14-7-3-2-4-8-14/h2-5,7-10,13,23H,6,11-12H2,1H3,(H,24,25)/b16-13-,21-19?. The molecule has 27 heavy (non-hydrogen) atoms. The van der Waals surface area contributed by atoms with Gasteiger partial charge in [0.05, 0.1) is 10.6 Å². The molecular weight excluding hydrogens is 364 g/mol. The number of aliphatic hydroxyl groups is 1. The van der Waals surface area contributed by atoms with Crippen LogP contribution in [0.4, 0.5) is 5.69 Å². The van der Waals surface area contributed by atoms with Crippen molar-refractivity contribution >= 4 is 34.5 Å². The van der Waals surface area contributed by atoms with Crippen molar-refractivity contribution in [2.45, 2.75) is 13.0 Å². The highest BCUT2D eigenvalue weighted by Crippen LogP contribution is 2.39. The molecule has 2 N–H and O–H groups in total. The van der Waals surface area contributed by atoms with Crippen molar-refractivity contribution in [2.24, 2.45) is 4.99 Å². The monoisotopic (exact) mass is 384 g/mol. The van der Waals surface area contributed by atoms with Crippen LogP contribution in [0, 0.1) is 0 Å². The van der Waals surface area contributed by atoms with Gasteiger partial charge in [0.2, 0.25) is 0 Å². The highest BCUT2D eigenvalue weighted by Gasteiger charge is 2.32. The van der Waals surface area contributed by atoms with Crippen LogP contribution in [0.3, 0.4) is 0 Å². The van der Waals surface area contributed by atoms with Gasteiger partial charge in [0.15, 0.2) is 0 Å². The van der Waals surface area contributed by atoms with Gasteiger partial charge in [-0.05, 0) is 36.8 Å². The highest BCUT2D eigenvalue weighted by atomic mass is 32.2. The number of hydrogen-bond donors (Lipinski definition) is 2. The van der Waals surface area contributed by atoms with Crippen molar-refractivity contribution in [3.63, 3.8) is 0 Å². The fourth-order valence-electron chi connectivity index (χ4n) is 2.69. The first-order valence-electron chi connectivity index (χ1n) is 8.45. The summed E-state index contributed by atoms with van der Waals surface area (Å²) in [6.45, 7) is 1.43. The van der Waals surface area contributed by atoms with Crippen LogP contribution in [0.5, 0.6) is 0 Å². The summed E-state index contributed by atoms with van der Waals surface area (Å²) in [5.74, 6) is -1.46. The second-order valence-electron chi connectivity index (χ2n) is 5.86. The van der Waals surface area contributed by atoms with E-state index in [4.69, 9.17) is 4.74 Å². The molecule has 0 atom stereocenters. The van der Waals surface area contributed by atoms with E-state index < -0.39 is 5.97 Å². The summed E-state index contributed by atoms with van der Waals surface area (Å²) >= 11 is 1.15. The van der Waals surface area contributed by atoms with E-state index in [2.05, 4.69) is 4.99 Å². The van der Waals surface area contributed by atoms with E-state index in [9.17, 15) is 15.0 Å². The fraction of sp³-hybridized carbons (Fsp3) is 0.200. The Labute approximate surface area is 161 Å². The SMILES string of the molecule is COCCCn1cccc1/C=C1\SC(=Nc2ccccc2)C(C(=O)O)=C1O. The molecule has 140 valence electrons. The van der Waals surface area contributed by atoms with Gasteiger partial charge in [-0.2, -0.15) is 0 Å². The fourth-order valence-corrected chi connectivity index (χ4v) is 3.72. The van der Waals surface area contributed by atoms with Crippen molar-refractivity contribution in [3.05, 3.63) is 70.6 Å². The van der Waals surface area contributed by atoms with E-state index in [1.165, 1.54) is 0 Å². The van der Waals surface area contributed by atoms with Crippen LogP contribution < -0.4 is 0 Å². The van der Waals surface area contributed by atoms with Gasteiger partial charge < -0.3 is 19.5 Å². The first-order valence-corrected chi connectivity index (χ1v) is 9.26. The van der Waals surface area contributed by atoms with E-state index in [0.717, 1.165) is 30.4 Å². The largest absolute Gasteiger partial charge is 0.506 e. The van der Waals surface area contributed by atoms with Gasteiger partial charge >= 0.3 is 5.97 Å². The third-order valence-corrected chi connectivity index (χ3v) is 5.00. The molecule has 0 bridgehead atoms. The van der Waals surface area contributed by atoms with Gasteiger partial charge in [-0.3, -0.25) is 0 Å². The molecule has 7 heteroatoms. The Morgan fingerprint density at radius 2 is 2.04 bits per heavy atom. The number of aliphatic carboxylic acids is 1. The molecule has 0 saturated heterocycles. The van der Waals surface area contributed by atoms with Crippen LogP contribution in [0.2, 0.25) is 0 Å². The smallest absolute Gasteiger partial charge is 0.342 e. The second kappa shape index (κ2) is 8.75. The number of aliphatic imine (C=N–C) groups is 1. The van der Waals surface area contributed by atoms with Crippen LogP contribution >= 0.6 is 11.8 Å². The summed E-state index contributed by atoms with van der Waals surface area (Å²) in [4.78, 5) is 16.5. The number of methoxy groups -OCH3 is 1. The number of aryl methyl sites for hydroxylation is 1. The van der Waals surface area contributed by atoms with Crippen molar-refractivity contribution < 1.29 is 19.7 Å². The van der Waals surface area contributed by atoms with E-state index in [1.54, 1.807) is 25.3 Å². The molecular formula is C20H20N2O4S. The topological polar surface area (TPSA) is 84.1 Å². The predicted molar refractivity (Wildman–Crippen MR) is 107 cm³/mol. The molecule has 2 aromatic rings. The number of nitrogens with zero attached hydrogens (tertiary/aromatic N) is 2. The number of hydrogen-bond acceptors (Lipinski definition) is 5. The number of carboxylic acid groups (broad SMARTS) is 1. The molecule has 0 unspecified atom stereocenters. The maximum atomic E-state index is 11.6. The minimum Gasteiger partial charge on any atom is -0.506 e. The third kappa shape index (κ3) is 4.50. The van der Waals surface area contributed by atoms with Crippen LogP contribution in [-0.4, -0.2) is 39.5 Å². The molecule has 1 aliphatic rings. The second-order valence-corrected chi connectivity index (χ2v) is 6.90. The average molecular weight is 384 g/mol. The number of carbonyl (C=O) groups is 1. The van der Waals surface area contributed by atoms with E-state index in [0.29, 0.717) is 17.2 Å². The lowest BCUT2D eigenvalue weighted by Gasteiger charge is -2.06. The maximum Gasteiger partial charge on any atom is 0.342 e. The zero-order valence-electron chi connectivity index (χ0n) is 14.8. The maximum absolute atomic E-state index is 11.6. The van der Waals surface area contributed by atoms with Crippen LogP contribution in [0.25, 0.3) is 6.08 Å². The summed E-state index contributed by atoms with van der Waals surface area (Å²) in [6, 6.07) is 12.9. The molecule has 0 aliphatic carbocycles. The Hall–Kier alpha value is -2.77. The molecule has 0 radical (unpaired) electrons. The minimum absolute atomic E-state index is 0.174. The first kappa shape index (κ1) is 19.0. The van der Waals surface area contributed by atoms with Crippen molar-refractivity contribution in [3.8, 4) is 0 Å². The Kier molecular flexibility index (Phi) is 6.16. The number of benzene rings is 1. The van der Waals surface area contributed by atoms with Crippen LogP contribution in [-0.2, 0) is 16.1 Å².